The average Bonchev–Trinajstić information content (AvgIpc) is 3.20. The van der Waals surface area contributed by atoms with E-state index in [0.717, 1.165) is 5.56 Å². The minimum absolute atomic E-state index is 0.167. The normalized spacial score (nSPS) is 24.7. The van der Waals surface area contributed by atoms with Crippen molar-refractivity contribution in [1.82, 2.24) is 5.32 Å². The summed E-state index contributed by atoms with van der Waals surface area (Å²) >= 11 is 0. The Hall–Kier alpha value is -2.12. The third-order valence-electron chi connectivity index (χ3n) is 4.38. The summed E-state index contributed by atoms with van der Waals surface area (Å²) in [4.78, 5) is 24.1. The first-order valence-electron chi connectivity index (χ1n) is 7.95. The second-order valence-corrected chi connectivity index (χ2v) is 5.96. The van der Waals surface area contributed by atoms with Crippen molar-refractivity contribution in [2.75, 3.05) is 20.3 Å². The van der Waals surface area contributed by atoms with E-state index in [0.29, 0.717) is 26.1 Å². The van der Waals surface area contributed by atoms with Crippen molar-refractivity contribution in [3.05, 3.63) is 35.9 Å². The van der Waals surface area contributed by atoms with E-state index in [4.69, 9.17) is 18.9 Å². The van der Waals surface area contributed by atoms with Gasteiger partial charge in [0.25, 0.3) is 0 Å². The first-order valence-corrected chi connectivity index (χ1v) is 7.95. The molecule has 1 amide bonds. The monoisotopic (exact) mass is 335 g/mol. The number of methoxy groups -OCH3 is 1. The van der Waals surface area contributed by atoms with E-state index in [9.17, 15) is 9.59 Å². The molecular formula is C17H21NO6. The van der Waals surface area contributed by atoms with Crippen molar-refractivity contribution in [2.24, 2.45) is 5.92 Å². The van der Waals surface area contributed by atoms with Crippen LogP contribution in [0.15, 0.2) is 30.3 Å². The molecule has 2 aliphatic rings. The van der Waals surface area contributed by atoms with Crippen LogP contribution in [0.4, 0.5) is 4.79 Å². The lowest BCUT2D eigenvalue weighted by Crippen LogP contribution is -2.41. The number of rotatable bonds is 4. The highest BCUT2D eigenvalue weighted by Gasteiger charge is 2.53. The number of hydrogen-bond donors (Lipinski definition) is 1. The van der Waals surface area contributed by atoms with Gasteiger partial charge in [-0.3, -0.25) is 4.79 Å². The van der Waals surface area contributed by atoms with Gasteiger partial charge in [0.1, 0.15) is 6.61 Å². The first-order chi connectivity index (χ1) is 11.6. The van der Waals surface area contributed by atoms with Crippen LogP contribution in [0.5, 0.6) is 0 Å². The lowest BCUT2D eigenvalue weighted by Gasteiger charge is -2.21. The molecule has 130 valence electrons. The quantitative estimate of drug-likeness (QED) is 0.842. The van der Waals surface area contributed by atoms with Gasteiger partial charge in [0.2, 0.25) is 0 Å². The molecule has 1 spiro atoms. The molecule has 2 unspecified atom stereocenters. The average molecular weight is 335 g/mol. The highest BCUT2D eigenvalue weighted by atomic mass is 16.7. The molecule has 1 N–H and O–H groups in total. The van der Waals surface area contributed by atoms with Crippen LogP contribution in [0.1, 0.15) is 18.4 Å². The van der Waals surface area contributed by atoms with E-state index < -0.39 is 23.8 Å². The van der Waals surface area contributed by atoms with Gasteiger partial charge in [0.15, 0.2) is 5.79 Å². The maximum Gasteiger partial charge on any atom is 0.407 e. The summed E-state index contributed by atoms with van der Waals surface area (Å²) in [5.74, 6) is -1.72. The molecule has 1 aliphatic carbocycles. The molecule has 2 atom stereocenters. The third kappa shape index (κ3) is 3.68. The van der Waals surface area contributed by atoms with E-state index >= 15 is 0 Å². The largest absolute Gasteiger partial charge is 0.469 e. The van der Waals surface area contributed by atoms with Crippen LogP contribution >= 0.6 is 0 Å². The summed E-state index contributed by atoms with van der Waals surface area (Å²) in [5, 5.41) is 2.74. The van der Waals surface area contributed by atoms with E-state index in [2.05, 4.69) is 5.32 Å². The third-order valence-corrected chi connectivity index (χ3v) is 4.38. The Morgan fingerprint density at radius 2 is 1.92 bits per heavy atom. The van der Waals surface area contributed by atoms with Crippen LogP contribution in [0.2, 0.25) is 0 Å². The van der Waals surface area contributed by atoms with Gasteiger partial charge < -0.3 is 24.3 Å². The summed E-state index contributed by atoms with van der Waals surface area (Å²) in [7, 11) is 1.33. The summed E-state index contributed by atoms with van der Waals surface area (Å²) in [6.07, 6.45) is 0.184. The topological polar surface area (TPSA) is 83.1 Å². The van der Waals surface area contributed by atoms with Crippen molar-refractivity contribution < 1.29 is 28.5 Å². The second-order valence-electron chi connectivity index (χ2n) is 5.96. The molecule has 7 nitrogen and oxygen atoms in total. The number of esters is 1. The molecule has 3 rings (SSSR count). The lowest BCUT2D eigenvalue weighted by atomic mass is 10.0. The minimum atomic E-state index is -0.809. The molecular weight excluding hydrogens is 314 g/mol. The van der Waals surface area contributed by atoms with Gasteiger partial charge in [0, 0.05) is 12.8 Å². The summed E-state index contributed by atoms with van der Waals surface area (Å²) in [5.41, 5.74) is 0.891. The van der Waals surface area contributed by atoms with Crippen molar-refractivity contribution in [3.8, 4) is 0 Å². The van der Waals surface area contributed by atoms with Crippen LogP contribution in [0, 0.1) is 5.92 Å². The molecule has 1 saturated heterocycles. The van der Waals surface area contributed by atoms with Crippen LogP contribution < -0.4 is 5.32 Å². The Kier molecular flexibility index (Phi) is 5.01. The number of carbonyl (C=O) groups is 2. The van der Waals surface area contributed by atoms with Gasteiger partial charge in [-0.2, -0.15) is 0 Å². The lowest BCUT2D eigenvalue weighted by molar-refractivity contribution is -0.161. The van der Waals surface area contributed by atoms with Gasteiger partial charge in [-0.15, -0.1) is 0 Å². The molecule has 1 heterocycles. The van der Waals surface area contributed by atoms with Crippen LogP contribution in [-0.4, -0.2) is 44.2 Å². The van der Waals surface area contributed by atoms with Crippen LogP contribution in [-0.2, 0) is 30.3 Å². The van der Waals surface area contributed by atoms with Crippen molar-refractivity contribution >= 4 is 12.1 Å². The molecule has 7 heteroatoms. The molecule has 1 aromatic rings. The Balaban J connectivity index is 1.59. The van der Waals surface area contributed by atoms with Gasteiger partial charge >= 0.3 is 12.1 Å². The second kappa shape index (κ2) is 7.19. The standard InChI is InChI=1S/C17H21NO6/c1-21-15(19)13-9-17(23-7-8-24-17)10-14(13)18-16(20)22-11-12-5-3-2-4-6-12/h2-6,13-14H,7-11H2,1H3,(H,18,20). The van der Waals surface area contributed by atoms with E-state index in [1.165, 1.54) is 7.11 Å². The van der Waals surface area contributed by atoms with E-state index in [1.807, 2.05) is 30.3 Å². The number of nitrogens with one attached hydrogen (secondary N) is 1. The van der Waals surface area contributed by atoms with Crippen LogP contribution in [0.25, 0.3) is 0 Å². The molecule has 24 heavy (non-hydrogen) atoms. The van der Waals surface area contributed by atoms with Gasteiger partial charge in [-0.25, -0.2) is 4.79 Å². The van der Waals surface area contributed by atoms with Crippen molar-refractivity contribution in [1.29, 1.82) is 0 Å². The van der Waals surface area contributed by atoms with Crippen molar-refractivity contribution in [3.63, 3.8) is 0 Å². The minimum Gasteiger partial charge on any atom is -0.469 e. The summed E-state index contributed by atoms with van der Waals surface area (Å²) in [6.45, 7) is 1.14. The predicted molar refractivity (Wildman–Crippen MR) is 82.9 cm³/mol. The number of alkyl carbamates (subject to hydrolysis) is 1. The van der Waals surface area contributed by atoms with Gasteiger partial charge in [-0.1, -0.05) is 30.3 Å². The molecule has 1 aliphatic heterocycles. The van der Waals surface area contributed by atoms with Gasteiger partial charge in [-0.05, 0) is 5.56 Å². The molecule has 0 radical (unpaired) electrons. The molecule has 0 aromatic heterocycles. The molecule has 1 saturated carbocycles. The predicted octanol–water partition coefficient (Wildman–Crippen LogP) is 1.61. The first kappa shape index (κ1) is 16.7. The van der Waals surface area contributed by atoms with Crippen molar-refractivity contribution in [2.45, 2.75) is 31.3 Å². The van der Waals surface area contributed by atoms with Gasteiger partial charge in [0.05, 0.1) is 32.3 Å². The number of carbonyl (C=O) groups excluding carboxylic acids is 2. The van der Waals surface area contributed by atoms with E-state index in [-0.39, 0.29) is 12.6 Å². The number of amides is 1. The summed E-state index contributed by atoms with van der Waals surface area (Å²) in [6, 6.07) is 8.94. The Morgan fingerprint density at radius 3 is 2.58 bits per heavy atom. The fourth-order valence-corrected chi connectivity index (χ4v) is 3.24. The number of hydrogen-bond acceptors (Lipinski definition) is 6. The van der Waals surface area contributed by atoms with E-state index in [1.54, 1.807) is 0 Å². The maximum absolute atomic E-state index is 12.1. The zero-order valence-corrected chi connectivity index (χ0v) is 13.5. The SMILES string of the molecule is COC(=O)C1CC2(CC1NC(=O)OCc1ccccc1)OCCO2. The zero-order valence-electron chi connectivity index (χ0n) is 13.5. The molecule has 2 fully saturated rings. The number of benzene rings is 1. The summed E-state index contributed by atoms with van der Waals surface area (Å²) < 4.78 is 21.3. The molecule has 0 bridgehead atoms. The Morgan fingerprint density at radius 1 is 1.21 bits per heavy atom. The zero-order chi connectivity index (χ0) is 17.0. The highest BCUT2D eigenvalue weighted by Crippen LogP contribution is 2.41. The Labute approximate surface area is 140 Å². The fraction of sp³-hybridized carbons (Fsp3) is 0.529. The highest BCUT2D eigenvalue weighted by molar-refractivity contribution is 5.76. The fourth-order valence-electron chi connectivity index (χ4n) is 3.24. The van der Waals surface area contributed by atoms with Crippen LogP contribution in [0.3, 0.4) is 0 Å². The number of ether oxygens (including phenoxy) is 4. The Bertz CT molecular complexity index is 584. The maximum atomic E-state index is 12.1. The smallest absolute Gasteiger partial charge is 0.407 e. The molecule has 1 aromatic carbocycles.